The molecule has 2 heterocycles. The molecule has 1 saturated heterocycles. The minimum absolute atomic E-state index is 0.0433. The number of hydrogen-bond acceptors (Lipinski definition) is 4. The van der Waals surface area contributed by atoms with E-state index in [1.54, 1.807) is 6.26 Å². The van der Waals surface area contributed by atoms with Gasteiger partial charge in [-0.1, -0.05) is 13.8 Å². The largest absolute Gasteiger partial charge is 0.468 e. The third-order valence-corrected chi connectivity index (χ3v) is 3.41. The molecule has 1 N–H and O–H groups in total. The van der Waals surface area contributed by atoms with Crippen LogP contribution in [0, 0.1) is 0 Å². The molecule has 108 valence electrons. The van der Waals surface area contributed by atoms with Crippen molar-refractivity contribution in [3.05, 3.63) is 23.7 Å². The van der Waals surface area contributed by atoms with Crippen molar-refractivity contribution in [2.75, 3.05) is 19.7 Å². The standard InChI is InChI=1S/C15H26N2O2/c1-12(2)16-9-14-13(5-7-18-14)10-17-6-8-19-15(3,4)11-17/h5,7,12,16H,6,8-11H2,1-4H3. The summed E-state index contributed by atoms with van der Waals surface area (Å²) in [4.78, 5) is 2.44. The predicted molar refractivity (Wildman–Crippen MR) is 76.0 cm³/mol. The molecule has 4 heteroatoms. The van der Waals surface area contributed by atoms with Crippen molar-refractivity contribution >= 4 is 0 Å². The molecule has 0 amide bonds. The molecule has 0 atom stereocenters. The number of rotatable bonds is 5. The highest BCUT2D eigenvalue weighted by Crippen LogP contribution is 2.20. The van der Waals surface area contributed by atoms with Crippen molar-refractivity contribution in [3.8, 4) is 0 Å². The van der Waals surface area contributed by atoms with E-state index in [1.165, 1.54) is 5.56 Å². The highest BCUT2D eigenvalue weighted by molar-refractivity contribution is 5.17. The maximum absolute atomic E-state index is 5.75. The molecule has 1 aromatic heterocycles. The third-order valence-electron chi connectivity index (χ3n) is 3.41. The molecule has 0 bridgehead atoms. The second-order valence-corrected chi connectivity index (χ2v) is 6.22. The minimum atomic E-state index is -0.0433. The number of hydrogen-bond donors (Lipinski definition) is 1. The Balaban J connectivity index is 1.93. The summed E-state index contributed by atoms with van der Waals surface area (Å²) in [5.41, 5.74) is 1.24. The molecule has 0 spiro atoms. The smallest absolute Gasteiger partial charge is 0.122 e. The van der Waals surface area contributed by atoms with Gasteiger partial charge in [0.15, 0.2) is 0 Å². The fourth-order valence-corrected chi connectivity index (χ4v) is 2.45. The van der Waals surface area contributed by atoms with Gasteiger partial charge in [0.25, 0.3) is 0 Å². The van der Waals surface area contributed by atoms with Gasteiger partial charge in [-0.15, -0.1) is 0 Å². The van der Waals surface area contributed by atoms with Crippen LogP contribution in [0.2, 0.25) is 0 Å². The molecule has 1 aliphatic rings. The van der Waals surface area contributed by atoms with E-state index in [0.29, 0.717) is 6.04 Å². The maximum Gasteiger partial charge on any atom is 0.122 e. The first kappa shape index (κ1) is 14.6. The van der Waals surface area contributed by atoms with Gasteiger partial charge in [-0.3, -0.25) is 4.90 Å². The first-order valence-electron chi connectivity index (χ1n) is 7.11. The summed E-state index contributed by atoms with van der Waals surface area (Å²) in [6.45, 7) is 13.1. The Labute approximate surface area is 116 Å². The van der Waals surface area contributed by atoms with Crippen LogP contribution in [-0.2, 0) is 17.8 Å². The summed E-state index contributed by atoms with van der Waals surface area (Å²) in [6, 6.07) is 2.56. The predicted octanol–water partition coefficient (Wildman–Crippen LogP) is 2.39. The lowest BCUT2D eigenvalue weighted by Crippen LogP contribution is -2.47. The molecule has 0 aromatic carbocycles. The van der Waals surface area contributed by atoms with E-state index < -0.39 is 0 Å². The van der Waals surface area contributed by atoms with E-state index >= 15 is 0 Å². The van der Waals surface area contributed by atoms with E-state index in [-0.39, 0.29) is 5.60 Å². The molecule has 0 saturated carbocycles. The van der Waals surface area contributed by atoms with E-state index in [0.717, 1.165) is 38.5 Å². The number of nitrogens with zero attached hydrogens (tertiary/aromatic N) is 1. The Morgan fingerprint density at radius 3 is 2.89 bits per heavy atom. The number of ether oxygens (including phenoxy) is 1. The summed E-state index contributed by atoms with van der Waals surface area (Å²) in [6.07, 6.45) is 1.79. The van der Waals surface area contributed by atoms with Crippen molar-refractivity contribution in [2.45, 2.75) is 52.4 Å². The van der Waals surface area contributed by atoms with E-state index in [2.05, 4.69) is 44.0 Å². The third kappa shape index (κ3) is 4.34. The average molecular weight is 266 g/mol. The van der Waals surface area contributed by atoms with E-state index in [4.69, 9.17) is 9.15 Å². The van der Waals surface area contributed by atoms with Crippen LogP contribution >= 0.6 is 0 Å². The van der Waals surface area contributed by atoms with Gasteiger partial charge in [-0.05, 0) is 19.9 Å². The van der Waals surface area contributed by atoms with Crippen LogP contribution in [-0.4, -0.2) is 36.2 Å². The average Bonchev–Trinajstić information content (AvgIpc) is 2.72. The van der Waals surface area contributed by atoms with Crippen LogP contribution in [0.5, 0.6) is 0 Å². The molecule has 4 nitrogen and oxygen atoms in total. The summed E-state index contributed by atoms with van der Waals surface area (Å²) < 4.78 is 11.3. The van der Waals surface area contributed by atoms with Crippen LogP contribution in [0.25, 0.3) is 0 Å². The normalized spacial score (nSPS) is 20.1. The number of morpholine rings is 1. The molecule has 19 heavy (non-hydrogen) atoms. The zero-order valence-electron chi connectivity index (χ0n) is 12.5. The molecule has 0 radical (unpaired) electrons. The maximum atomic E-state index is 5.75. The van der Waals surface area contributed by atoms with Crippen molar-refractivity contribution in [1.29, 1.82) is 0 Å². The summed E-state index contributed by atoms with van der Waals surface area (Å²) in [7, 11) is 0. The monoisotopic (exact) mass is 266 g/mol. The van der Waals surface area contributed by atoms with Crippen molar-refractivity contribution in [3.63, 3.8) is 0 Å². The van der Waals surface area contributed by atoms with Crippen LogP contribution in [0.15, 0.2) is 16.7 Å². The molecule has 0 unspecified atom stereocenters. The Hall–Kier alpha value is -0.840. The van der Waals surface area contributed by atoms with Crippen LogP contribution < -0.4 is 5.32 Å². The number of furan rings is 1. The van der Waals surface area contributed by atoms with Gasteiger partial charge in [-0.25, -0.2) is 0 Å². The van der Waals surface area contributed by atoms with Gasteiger partial charge in [0.2, 0.25) is 0 Å². The molecule has 0 aliphatic carbocycles. The lowest BCUT2D eigenvalue weighted by atomic mass is 10.1. The van der Waals surface area contributed by atoms with Gasteiger partial charge >= 0.3 is 0 Å². The SMILES string of the molecule is CC(C)NCc1occc1CN1CCOC(C)(C)C1. The van der Waals surface area contributed by atoms with Crippen molar-refractivity contribution in [1.82, 2.24) is 10.2 Å². The van der Waals surface area contributed by atoms with Crippen LogP contribution in [0.4, 0.5) is 0 Å². The van der Waals surface area contributed by atoms with Gasteiger partial charge in [-0.2, -0.15) is 0 Å². The lowest BCUT2D eigenvalue weighted by Gasteiger charge is -2.38. The minimum Gasteiger partial charge on any atom is -0.468 e. The molecule has 1 aromatic rings. The Morgan fingerprint density at radius 2 is 2.21 bits per heavy atom. The zero-order chi connectivity index (χ0) is 13.9. The summed E-state index contributed by atoms with van der Waals surface area (Å²) in [5, 5.41) is 3.40. The Bertz CT molecular complexity index is 399. The molecule has 1 aliphatic heterocycles. The highest BCUT2D eigenvalue weighted by atomic mass is 16.5. The second-order valence-electron chi connectivity index (χ2n) is 6.22. The topological polar surface area (TPSA) is 37.6 Å². The summed E-state index contributed by atoms with van der Waals surface area (Å²) in [5.74, 6) is 1.05. The van der Waals surface area contributed by atoms with Crippen molar-refractivity contribution < 1.29 is 9.15 Å². The first-order valence-corrected chi connectivity index (χ1v) is 7.11. The quantitative estimate of drug-likeness (QED) is 0.888. The van der Waals surface area contributed by atoms with Gasteiger partial charge in [0, 0.05) is 31.2 Å². The molecular weight excluding hydrogens is 240 g/mol. The van der Waals surface area contributed by atoms with Crippen LogP contribution in [0.1, 0.15) is 39.0 Å². The number of nitrogens with one attached hydrogen (secondary N) is 1. The van der Waals surface area contributed by atoms with E-state index in [9.17, 15) is 0 Å². The highest BCUT2D eigenvalue weighted by Gasteiger charge is 2.27. The molecule has 2 rings (SSSR count). The second kappa shape index (κ2) is 6.07. The molecule has 1 fully saturated rings. The Morgan fingerprint density at radius 1 is 1.42 bits per heavy atom. The fraction of sp³-hybridized carbons (Fsp3) is 0.733. The fourth-order valence-electron chi connectivity index (χ4n) is 2.45. The lowest BCUT2D eigenvalue weighted by molar-refractivity contribution is -0.0883. The molecular formula is C15H26N2O2. The van der Waals surface area contributed by atoms with Crippen LogP contribution in [0.3, 0.4) is 0 Å². The first-order chi connectivity index (χ1) is 8.96. The van der Waals surface area contributed by atoms with Crippen molar-refractivity contribution in [2.24, 2.45) is 0 Å². The van der Waals surface area contributed by atoms with Gasteiger partial charge in [0.1, 0.15) is 5.76 Å². The zero-order valence-corrected chi connectivity index (χ0v) is 12.5. The Kier molecular flexibility index (Phi) is 4.66. The summed E-state index contributed by atoms with van der Waals surface area (Å²) >= 11 is 0. The van der Waals surface area contributed by atoms with Gasteiger partial charge in [0.05, 0.1) is 25.0 Å². The van der Waals surface area contributed by atoms with E-state index in [1.807, 2.05) is 0 Å². The van der Waals surface area contributed by atoms with Gasteiger partial charge < -0.3 is 14.5 Å².